The summed E-state index contributed by atoms with van der Waals surface area (Å²) in [5.74, 6) is 0.137. The van der Waals surface area contributed by atoms with Crippen LogP contribution in [0.1, 0.15) is 60.8 Å². The number of hydrogen-bond donors (Lipinski definition) is 0. The van der Waals surface area contributed by atoms with E-state index in [0.29, 0.717) is 23.6 Å². The highest BCUT2D eigenvalue weighted by atomic mass is 16.6. The molecular formula is C21H23N3O3. The summed E-state index contributed by atoms with van der Waals surface area (Å²) in [6.45, 7) is 5.32. The molecule has 3 heterocycles. The number of benzene rings is 1. The topological polar surface area (TPSA) is 66.2 Å². The van der Waals surface area contributed by atoms with Crippen LogP contribution < -0.4 is 4.74 Å². The molecule has 1 aromatic carbocycles. The Labute approximate surface area is 158 Å². The molecule has 1 unspecified atom stereocenters. The Kier molecular flexibility index (Phi) is 4.79. The zero-order chi connectivity index (χ0) is 18.8. The van der Waals surface area contributed by atoms with Crippen molar-refractivity contribution >= 4 is 17.0 Å². The average Bonchev–Trinajstić information content (AvgIpc) is 3.24. The highest BCUT2D eigenvalue weighted by Crippen LogP contribution is 2.42. The number of hydrogen-bond acceptors (Lipinski definition) is 5. The number of nitrogens with zero attached hydrogens (tertiary/aromatic N) is 3. The van der Waals surface area contributed by atoms with Crippen LogP contribution in [0.2, 0.25) is 0 Å². The molecule has 0 fully saturated rings. The Bertz CT molecular complexity index is 966. The molecule has 0 aliphatic carbocycles. The van der Waals surface area contributed by atoms with E-state index >= 15 is 0 Å². The normalized spacial score (nSPS) is 15.8. The van der Waals surface area contributed by atoms with E-state index in [1.54, 1.807) is 6.20 Å². The molecule has 1 atom stereocenters. The molecule has 1 aliphatic heterocycles. The van der Waals surface area contributed by atoms with Crippen LogP contribution in [-0.2, 0) is 11.3 Å². The first kappa shape index (κ1) is 17.5. The van der Waals surface area contributed by atoms with Crippen molar-refractivity contribution in [1.29, 1.82) is 0 Å². The molecular weight excluding hydrogens is 342 g/mol. The van der Waals surface area contributed by atoms with Crippen molar-refractivity contribution in [1.82, 2.24) is 14.8 Å². The average molecular weight is 365 g/mol. The summed E-state index contributed by atoms with van der Waals surface area (Å²) in [5, 5.41) is 5.26. The van der Waals surface area contributed by atoms with E-state index in [2.05, 4.69) is 12.0 Å². The third kappa shape index (κ3) is 3.05. The van der Waals surface area contributed by atoms with Gasteiger partial charge in [0.15, 0.2) is 11.8 Å². The zero-order valence-corrected chi connectivity index (χ0v) is 15.6. The van der Waals surface area contributed by atoms with Crippen LogP contribution in [0, 0.1) is 0 Å². The first-order chi connectivity index (χ1) is 13.2. The van der Waals surface area contributed by atoms with Crippen molar-refractivity contribution in [3.63, 3.8) is 0 Å². The molecule has 0 spiro atoms. The fourth-order valence-corrected chi connectivity index (χ4v) is 3.51. The number of esters is 1. The molecule has 6 nitrogen and oxygen atoms in total. The summed E-state index contributed by atoms with van der Waals surface area (Å²) in [4.78, 5) is 17.5. The lowest BCUT2D eigenvalue weighted by atomic mass is 10.0. The predicted molar refractivity (Wildman–Crippen MR) is 102 cm³/mol. The van der Waals surface area contributed by atoms with Gasteiger partial charge in [0.2, 0.25) is 0 Å². The summed E-state index contributed by atoms with van der Waals surface area (Å²) < 4.78 is 13.4. The first-order valence-electron chi connectivity index (χ1n) is 9.52. The summed E-state index contributed by atoms with van der Waals surface area (Å²) in [7, 11) is 0. The molecule has 4 rings (SSSR count). The van der Waals surface area contributed by atoms with Gasteiger partial charge >= 0.3 is 5.97 Å². The van der Waals surface area contributed by atoms with Gasteiger partial charge in [0.25, 0.3) is 0 Å². The lowest BCUT2D eigenvalue weighted by molar-refractivity contribution is 0.0450. The van der Waals surface area contributed by atoms with Crippen LogP contribution in [0.15, 0.2) is 36.5 Å². The van der Waals surface area contributed by atoms with Gasteiger partial charge in [-0.05, 0) is 18.9 Å². The Hall–Kier alpha value is -2.89. The first-order valence-corrected chi connectivity index (χ1v) is 9.52. The fraction of sp³-hybridized carbons (Fsp3) is 0.381. The second-order valence-corrected chi connectivity index (χ2v) is 6.64. The smallest absolute Gasteiger partial charge is 0.345 e. The fourth-order valence-electron chi connectivity index (χ4n) is 3.51. The van der Waals surface area contributed by atoms with Gasteiger partial charge in [0.1, 0.15) is 17.0 Å². The Morgan fingerprint density at radius 1 is 1.19 bits per heavy atom. The van der Waals surface area contributed by atoms with Gasteiger partial charge in [-0.25, -0.2) is 14.5 Å². The minimum absolute atomic E-state index is 0.393. The number of aromatic nitrogens is 3. The monoisotopic (exact) mass is 365 g/mol. The van der Waals surface area contributed by atoms with Crippen LogP contribution in [-0.4, -0.2) is 27.3 Å². The van der Waals surface area contributed by atoms with E-state index in [9.17, 15) is 4.79 Å². The molecule has 0 amide bonds. The third-order valence-corrected chi connectivity index (χ3v) is 4.81. The van der Waals surface area contributed by atoms with Crippen molar-refractivity contribution in [3.05, 3.63) is 53.3 Å². The van der Waals surface area contributed by atoms with Gasteiger partial charge in [-0.1, -0.05) is 50.1 Å². The molecule has 140 valence electrons. The molecule has 0 bridgehead atoms. The van der Waals surface area contributed by atoms with Crippen molar-refractivity contribution in [2.45, 2.75) is 45.8 Å². The predicted octanol–water partition coefficient (Wildman–Crippen LogP) is 4.28. The molecule has 27 heavy (non-hydrogen) atoms. The van der Waals surface area contributed by atoms with Crippen LogP contribution in [0.5, 0.6) is 5.75 Å². The quantitative estimate of drug-likeness (QED) is 0.462. The molecule has 0 saturated heterocycles. The lowest BCUT2D eigenvalue weighted by Crippen LogP contribution is -2.06. The third-order valence-electron chi connectivity index (χ3n) is 4.81. The number of rotatable bonds is 7. The van der Waals surface area contributed by atoms with Crippen molar-refractivity contribution in [2.24, 2.45) is 0 Å². The zero-order valence-electron chi connectivity index (χ0n) is 15.6. The molecule has 0 N–H and O–H groups in total. The molecule has 1 aliphatic rings. The van der Waals surface area contributed by atoms with Gasteiger partial charge in [-0.2, -0.15) is 5.10 Å². The minimum Gasteiger partial charge on any atom is -0.492 e. The van der Waals surface area contributed by atoms with Gasteiger partial charge in [0, 0.05) is 6.54 Å². The van der Waals surface area contributed by atoms with Crippen LogP contribution in [0.4, 0.5) is 0 Å². The summed E-state index contributed by atoms with van der Waals surface area (Å²) in [6, 6.07) is 9.68. The molecule has 0 saturated carbocycles. The van der Waals surface area contributed by atoms with Crippen molar-refractivity contribution in [2.75, 3.05) is 6.61 Å². The van der Waals surface area contributed by atoms with E-state index in [1.807, 2.05) is 41.9 Å². The van der Waals surface area contributed by atoms with E-state index in [0.717, 1.165) is 42.4 Å². The Morgan fingerprint density at radius 3 is 2.74 bits per heavy atom. The number of pyridine rings is 1. The standard InChI is InChI=1S/C21H23N3O3/c1-3-5-9-12-24-20-15(13-22-24)19(26-4-2)16-17(23-20)18(27-21(16)25)14-10-7-6-8-11-14/h6-8,10-11,13,18H,3-5,9,12H2,1-2H3. The number of cyclic esters (lactones) is 1. The molecule has 6 heteroatoms. The minimum atomic E-state index is -0.517. The maximum absolute atomic E-state index is 12.6. The number of fused-ring (bicyclic) bond motifs is 2. The highest BCUT2D eigenvalue weighted by Gasteiger charge is 2.38. The van der Waals surface area contributed by atoms with Gasteiger partial charge in [0.05, 0.1) is 18.2 Å². The number of aryl methyl sites for hydroxylation is 1. The largest absolute Gasteiger partial charge is 0.492 e. The number of carbonyl (C=O) groups is 1. The van der Waals surface area contributed by atoms with Crippen molar-refractivity contribution in [3.8, 4) is 5.75 Å². The second kappa shape index (κ2) is 7.39. The van der Waals surface area contributed by atoms with Crippen LogP contribution in [0.3, 0.4) is 0 Å². The van der Waals surface area contributed by atoms with Crippen LogP contribution in [0.25, 0.3) is 11.0 Å². The van der Waals surface area contributed by atoms with E-state index in [4.69, 9.17) is 14.5 Å². The lowest BCUT2D eigenvalue weighted by Gasteiger charge is -2.12. The molecule has 3 aromatic rings. The van der Waals surface area contributed by atoms with Gasteiger partial charge in [-0.15, -0.1) is 0 Å². The molecule has 0 radical (unpaired) electrons. The van der Waals surface area contributed by atoms with Crippen molar-refractivity contribution < 1.29 is 14.3 Å². The Balaban J connectivity index is 1.86. The highest BCUT2D eigenvalue weighted by molar-refractivity contribution is 6.02. The number of unbranched alkanes of at least 4 members (excludes halogenated alkanes) is 2. The maximum atomic E-state index is 12.6. The summed E-state index contributed by atoms with van der Waals surface area (Å²) in [6.07, 6.45) is 4.54. The number of ether oxygens (including phenoxy) is 2. The van der Waals surface area contributed by atoms with E-state index in [-0.39, 0.29) is 0 Å². The van der Waals surface area contributed by atoms with Gasteiger partial charge < -0.3 is 9.47 Å². The SMILES string of the molecule is CCCCCn1ncc2c(OCC)c3c(nc21)C(c1ccccc1)OC3=O. The summed E-state index contributed by atoms with van der Waals surface area (Å²) >= 11 is 0. The summed E-state index contributed by atoms with van der Waals surface area (Å²) in [5.41, 5.74) is 2.68. The molecule has 2 aromatic heterocycles. The Morgan fingerprint density at radius 2 is 2.00 bits per heavy atom. The van der Waals surface area contributed by atoms with Crippen LogP contribution >= 0.6 is 0 Å². The number of carbonyl (C=O) groups excluding carboxylic acids is 1. The second-order valence-electron chi connectivity index (χ2n) is 6.64. The van der Waals surface area contributed by atoms with E-state index in [1.165, 1.54) is 0 Å². The van der Waals surface area contributed by atoms with E-state index < -0.39 is 12.1 Å². The van der Waals surface area contributed by atoms with Gasteiger partial charge in [-0.3, -0.25) is 0 Å². The maximum Gasteiger partial charge on any atom is 0.345 e.